The van der Waals surface area contributed by atoms with Crippen LogP contribution in [-0.4, -0.2) is 19.3 Å². The zero-order valence-corrected chi connectivity index (χ0v) is 32.5. The molecule has 0 amide bonds. The van der Waals surface area contributed by atoms with E-state index in [4.69, 9.17) is 14.8 Å². The molecule has 0 saturated carbocycles. The molecular formula is C47H56N4O. The van der Waals surface area contributed by atoms with Gasteiger partial charge in [0.15, 0.2) is 0 Å². The van der Waals surface area contributed by atoms with E-state index >= 15 is 0 Å². The van der Waals surface area contributed by atoms with Crippen LogP contribution >= 0.6 is 0 Å². The Kier molecular flexibility index (Phi) is 10.4. The molecule has 3 aromatic heterocycles. The zero-order chi connectivity index (χ0) is 36.5. The molecule has 0 spiro atoms. The number of ether oxygens (including phenoxy) is 1. The lowest BCUT2D eigenvalue weighted by Gasteiger charge is -2.33. The number of hydrogen-bond donors (Lipinski definition) is 0. The van der Waals surface area contributed by atoms with E-state index in [1.165, 1.54) is 50.8 Å². The van der Waals surface area contributed by atoms with Crippen LogP contribution in [0.15, 0.2) is 90.6 Å². The third kappa shape index (κ3) is 6.95. The molecule has 0 bridgehead atoms. The number of hydrogen-bond acceptors (Lipinski definition) is 3. The minimum Gasteiger partial charge on any atom is -0.457 e. The van der Waals surface area contributed by atoms with E-state index in [-0.39, 0.29) is 0 Å². The van der Waals surface area contributed by atoms with Crippen LogP contribution in [0.2, 0.25) is 0 Å². The molecular weight excluding hydrogens is 637 g/mol. The largest absolute Gasteiger partial charge is 0.457 e. The maximum Gasteiger partial charge on any atom is 0.137 e. The predicted octanol–water partition coefficient (Wildman–Crippen LogP) is 13.0. The average molecular weight is 693 g/mol. The molecule has 3 atom stereocenters. The molecule has 3 aromatic carbocycles. The van der Waals surface area contributed by atoms with Gasteiger partial charge in [-0.1, -0.05) is 84.2 Å². The Hall–Kier alpha value is -4.64. The highest BCUT2D eigenvalue weighted by molar-refractivity contribution is 6.09. The van der Waals surface area contributed by atoms with E-state index in [1.807, 2.05) is 12.3 Å². The van der Waals surface area contributed by atoms with Crippen LogP contribution in [0.3, 0.4) is 0 Å². The zero-order valence-electron chi connectivity index (χ0n) is 32.5. The Morgan fingerprint density at radius 2 is 1.60 bits per heavy atom. The Bertz CT molecular complexity index is 2230. The molecule has 0 fully saturated rings. The summed E-state index contributed by atoms with van der Waals surface area (Å²) in [6.07, 6.45) is 12.3. The highest BCUT2D eigenvalue weighted by atomic mass is 16.5. The number of unbranched alkanes of at least 4 members (excludes halogenated alkanes) is 2. The molecule has 52 heavy (non-hydrogen) atoms. The fourth-order valence-electron chi connectivity index (χ4n) is 8.67. The van der Waals surface area contributed by atoms with Crippen LogP contribution in [0, 0.1) is 18.8 Å². The third-order valence-electron chi connectivity index (χ3n) is 11.1. The number of nitrogens with zero attached hydrogens (tertiary/aromatic N) is 4. The number of fused-ring (bicyclic) bond motifs is 3. The van der Waals surface area contributed by atoms with Crippen molar-refractivity contribution in [3.8, 4) is 23.0 Å². The van der Waals surface area contributed by atoms with Gasteiger partial charge < -0.3 is 4.74 Å². The third-order valence-corrected chi connectivity index (χ3v) is 11.1. The van der Waals surface area contributed by atoms with Crippen molar-refractivity contribution >= 4 is 21.8 Å². The van der Waals surface area contributed by atoms with Crippen molar-refractivity contribution in [2.75, 3.05) is 0 Å². The van der Waals surface area contributed by atoms with Crippen molar-refractivity contribution in [1.29, 1.82) is 0 Å². The Labute approximate surface area is 310 Å². The molecule has 0 aliphatic heterocycles. The van der Waals surface area contributed by atoms with Gasteiger partial charge in [-0.15, -0.1) is 0 Å². The van der Waals surface area contributed by atoms with Gasteiger partial charge in [-0.2, -0.15) is 5.10 Å². The SMILES string of the molecule is CCCCc1nn(-c2cc(Oc3ccc4c5ccccc5n(-c5cc(C)ccn5)c4c3)cc(C(C)C)c2)c(CCCC)c1[C@@H]1C(C)=CC(C)C[C@@H]1C. The summed E-state index contributed by atoms with van der Waals surface area (Å²) < 4.78 is 11.4. The molecule has 1 aliphatic carbocycles. The molecule has 5 heteroatoms. The molecule has 5 nitrogen and oxygen atoms in total. The Morgan fingerprint density at radius 3 is 2.35 bits per heavy atom. The topological polar surface area (TPSA) is 44.9 Å². The number of pyridine rings is 1. The Morgan fingerprint density at radius 1 is 0.827 bits per heavy atom. The molecule has 0 N–H and O–H groups in total. The molecule has 6 aromatic rings. The monoisotopic (exact) mass is 692 g/mol. The van der Waals surface area contributed by atoms with Crippen LogP contribution in [0.5, 0.6) is 11.5 Å². The molecule has 0 saturated heterocycles. The van der Waals surface area contributed by atoms with Gasteiger partial charge >= 0.3 is 0 Å². The van der Waals surface area contributed by atoms with Crippen LogP contribution < -0.4 is 4.74 Å². The van der Waals surface area contributed by atoms with Crippen molar-refractivity contribution < 1.29 is 4.74 Å². The van der Waals surface area contributed by atoms with E-state index in [0.29, 0.717) is 23.7 Å². The molecule has 1 unspecified atom stereocenters. The van der Waals surface area contributed by atoms with E-state index in [9.17, 15) is 0 Å². The van der Waals surface area contributed by atoms with Crippen LogP contribution in [0.4, 0.5) is 0 Å². The van der Waals surface area contributed by atoms with E-state index < -0.39 is 0 Å². The van der Waals surface area contributed by atoms with Gasteiger partial charge in [0.1, 0.15) is 17.3 Å². The number of rotatable bonds is 12. The lowest BCUT2D eigenvalue weighted by atomic mass is 9.71. The minimum atomic E-state index is 0.332. The van der Waals surface area contributed by atoms with Gasteiger partial charge in [-0.3, -0.25) is 4.57 Å². The van der Waals surface area contributed by atoms with E-state index in [0.717, 1.165) is 72.6 Å². The summed E-state index contributed by atoms with van der Waals surface area (Å²) in [5.74, 6) is 4.49. The maximum absolute atomic E-state index is 6.85. The van der Waals surface area contributed by atoms with Crippen LogP contribution in [0.1, 0.15) is 120 Å². The molecule has 3 heterocycles. The lowest BCUT2D eigenvalue weighted by Crippen LogP contribution is -2.21. The summed E-state index contributed by atoms with van der Waals surface area (Å²) in [5.41, 5.74) is 11.4. The highest BCUT2D eigenvalue weighted by Gasteiger charge is 2.33. The van der Waals surface area contributed by atoms with Crippen LogP contribution in [0.25, 0.3) is 33.3 Å². The molecule has 0 radical (unpaired) electrons. The second-order valence-corrected chi connectivity index (χ2v) is 15.7. The summed E-state index contributed by atoms with van der Waals surface area (Å²) in [7, 11) is 0. The van der Waals surface area contributed by atoms with Gasteiger partial charge in [0, 0.05) is 46.3 Å². The number of allylic oxidation sites excluding steroid dienone is 2. The van der Waals surface area contributed by atoms with Gasteiger partial charge in [0.05, 0.1) is 22.4 Å². The number of para-hydroxylation sites is 1. The van der Waals surface area contributed by atoms with Gasteiger partial charge in [0.2, 0.25) is 0 Å². The molecule has 1 aliphatic rings. The van der Waals surface area contributed by atoms with Crippen LogP contribution in [-0.2, 0) is 12.8 Å². The number of aryl methyl sites for hydroxylation is 2. The van der Waals surface area contributed by atoms with Crippen molar-refractivity contribution in [2.24, 2.45) is 11.8 Å². The lowest BCUT2D eigenvalue weighted by molar-refractivity contribution is 0.388. The normalized spacial score (nSPS) is 17.7. The maximum atomic E-state index is 6.85. The van der Waals surface area contributed by atoms with Gasteiger partial charge in [-0.25, -0.2) is 9.67 Å². The smallest absolute Gasteiger partial charge is 0.137 e. The van der Waals surface area contributed by atoms with Crippen molar-refractivity contribution in [1.82, 2.24) is 19.3 Å². The van der Waals surface area contributed by atoms with Crippen molar-refractivity contribution in [2.45, 2.75) is 112 Å². The standard InChI is InChI=1S/C47H56N4O/c1-9-11-16-41-47(46-33(7)23-32(6)24-34(46)8)43(17-12-10-2)51(49-41)36-26-35(30(3)4)27-38(28-36)52-37-19-20-40-39-15-13-14-18-42(39)50(44(40)29-37)45-25-31(5)21-22-48-45/h13-15,18-23,25-30,32,34,46H,9-12,16-17,24H2,1-8H3/t32?,34-,46+/m0/s1. The fourth-order valence-corrected chi connectivity index (χ4v) is 8.67. The number of aromatic nitrogens is 4. The highest BCUT2D eigenvalue weighted by Crippen LogP contribution is 2.44. The summed E-state index contributed by atoms with van der Waals surface area (Å²) in [4.78, 5) is 4.78. The first-order chi connectivity index (χ1) is 25.2. The second-order valence-electron chi connectivity index (χ2n) is 15.7. The number of benzene rings is 3. The minimum absolute atomic E-state index is 0.332. The fraction of sp³-hybridized carbons (Fsp3) is 0.404. The quantitative estimate of drug-likeness (QED) is 0.120. The first-order valence-corrected chi connectivity index (χ1v) is 19.7. The Balaban J connectivity index is 1.36. The predicted molar refractivity (Wildman–Crippen MR) is 218 cm³/mol. The van der Waals surface area contributed by atoms with Crippen molar-refractivity contribution in [3.63, 3.8) is 0 Å². The first kappa shape index (κ1) is 35.7. The first-order valence-electron chi connectivity index (χ1n) is 19.7. The summed E-state index contributed by atoms with van der Waals surface area (Å²) in [6.45, 7) is 18.4. The summed E-state index contributed by atoms with van der Waals surface area (Å²) in [5, 5.41) is 7.91. The van der Waals surface area contributed by atoms with E-state index in [1.54, 1.807) is 0 Å². The molecule has 270 valence electrons. The van der Waals surface area contributed by atoms with E-state index in [2.05, 4.69) is 137 Å². The van der Waals surface area contributed by atoms with Crippen molar-refractivity contribution in [3.05, 3.63) is 119 Å². The second kappa shape index (κ2) is 15.1. The molecule has 7 rings (SSSR count). The average Bonchev–Trinajstić information content (AvgIpc) is 3.64. The van der Waals surface area contributed by atoms with Gasteiger partial charge in [0.25, 0.3) is 0 Å². The summed E-state index contributed by atoms with van der Waals surface area (Å²) >= 11 is 0. The van der Waals surface area contributed by atoms with Gasteiger partial charge in [-0.05, 0) is 117 Å². The summed E-state index contributed by atoms with van der Waals surface area (Å²) in [6, 6.07) is 26.0.